The first kappa shape index (κ1) is 9.14. The Kier molecular flexibility index (Phi) is 4.09. The van der Waals surface area contributed by atoms with Crippen LogP contribution >= 0.6 is 0 Å². The summed E-state index contributed by atoms with van der Waals surface area (Å²) in [6, 6.07) is 0.986. The highest BCUT2D eigenvalue weighted by Crippen LogP contribution is 1.99. The Morgan fingerprint density at radius 1 is 1.11 bits per heavy atom. The standard InChI is InChI=1S/C6H15N2Si/c1-7(2)6(5-9)8(3)4/h6H,5H2,1-4H3. The molecule has 0 spiro atoms. The molecule has 0 amide bonds. The Labute approximate surface area is 61.3 Å². The van der Waals surface area contributed by atoms with Crippen molar-refractivity contribution in [1.29, 1.82) is 0 Å². The van der Waals surface area contributed by atoms with E-state index in [4.69, 9.17) is 0 Å². The quantitative estimate of drug-likeness (QED) is 0.406. The number of hydrogen-bond acceptors (Lipinski definition) is 2. The van der Waals surface area contributed by atoms with Crippen LogP contribution in [0.5, 0.6) is 0 Å². The van der Waals surface area contributed by atoms with Crippen LogP contribution in [-0.4, -0.2) is 54.4 Å². The van der Waals surface area contributed by atoms with Crippen LogP contribution in [0.1, 0.15) is 0 Å². The Balaban J connectivity index is 3.68. The van der Waals surface area contributed by atoms with Gasteiger partial charge in [-0.25, -0.2) is 0 Å². The van der Waals surface area contributed by atoms with Crippen molar-refractivity contribution in [3.8, 4) is 0 Å². The Bertz CT molecular complexity index is 65.5. The summed E-state index contributed by atoms with van der Waals surface area (Å²) in [5.74, 6) is 0. The van der Waals surface area contributed by atoms with Gasteiger partial charge in [-0.15, -0.1) is 0 Å². The Hall–Kier alpha value is 0.137. The van der Waals surface area contributed by atoms with Gasteiger partial charge >= 0.3 is 0 Å². The van der Waals surface area contributed by atoms with Gasteiger partial charge < -0.3 is 0 Å². The molecule has 0 atom stereocenters. The van der Waals surface area contributed by atoms with Crippen molar-refractivity contribution in [1.82, 2.24) is 9.80 Å². The van der Waals surface area contributed by atoms with Gasteiger partial charge in [-0.05, 0) is 34.2 Å². The molecule has 0 fully saturated rings. The average Bonchev–Trinajstić information content (AvgIpc) is 1.64. The molecule has 2 nitrogen and oxygen atoms in total. The van der Waals surface area contributed by atoms with Crippen molar-refractivity contribution in [3.63, 3.8) is 0 Å². The smallest absolute Gasteiger partial charge is 0.0581 e. The van der Waals surface area contributed by atoms with Crippen molar-refractivity contribution in [2.24, 2.45) is 0 Å². The molecule has 0 aliphatic carbocycles. The van der Waals surface area contributed by atoms with E-state index < -0.39 is 0 Å². The fraction of sp³-hybridized carbons (Fsp3) is 1.00. The Morgan fingerprint density at radius 2 is 1.44 bits per heavy atom. The van der Waals surface area contributed by atoms with Gasteiger partial charge in [-0.3, -0.25) is 9.80 Å². The van der Waals surface area contributed by atoms with Crippen LogP contribution < -0.4 is 0 Å². The van der Waals surface area contributed by atoms with Gasteiger partial charge in [0, 0.05) is 10.2 Å². The van der Waals surface area contributed by atoms with E-state index in [-0.39, 0.29) is 0 Å². The van der Waals surface area contributed by atoms with Crippen LogP contribution in [0.15, 0.2) is 0 Å². The third-order valence-electron chi connectivity index (χ3n) is 1.37. The molecule has 0 aliphatic rings. The van der Waals surface area contributed by atoms with Gasteiger partial charge in [0.25, 0.3) is 0 Å². The van der Waals surface area contributed by atoms with Crippen molar-refractivity contribution < 1.29 is 0 Å². The van der Waals surface area contributed by atoms with Gasteiger partial charge in [-0.1, -0.05) is 0 Å². The zero-order valence-electron chi connectivity index (χ0n) is 6.68. The summed E-state index contributed by atoms with van der Waals surface area (Å²) in [6.07, 6.45) is 0.502. The molecule has 0 N–H and O–H groups in total. The molecule has 53 valence electrons. The molecule has 0 unspecified atom stereocenters. The van der Waals surface area contributed by atoms with Crippen molar-refractivity contribution in [2.75, 3.05) is 28.2 Å². The van der Waals surface area contributed by atoms with E-state index in [0.29, 0.717) is 6.17 Å². The highest BCUT2D eigenvalue weighted by Gasteiger charge is 2.09. The lowest BCUT2D eigenvalue weighted by Gasteiger charge is -2.29. The zero-order chi connectivity index (χ0) is 7.44. The molecule has 0 saturated carbocycles. The summed E-state index contributed by atoms with van der Waals surface area (Å²) in [5, 5.41) is 0. The number of hydrogen-bond donors (Lipinski definition) is 0. The molecule has 0 bridgehead atoms. The predicted octanol–water partition coefficient (Wildman–Crippen LogP) is 0.0225. The van der Waals surface area contributed by atoms with Gasteiger partial charge in [0.1, 0.15) is 0 Å². The van der Waals surface area contributed by atoms with E-state index in [2.05, 4.69) is 48.2 Å². The summed E-state index contributed by atoms with van der Waals surface area (Å²) in [4.78, 5) is 4.35. The molecule has 0 rings (SSSR count). The highest BCUT2D eigenvalue weighted by atomic mass is 28.1. The second kappa shape index (κ2) is 4.03. The van der Waals surface area contributed by atoms with Crippen LogP contribution in [0.25, 0.3) is 0 Å². The van der Waals surface area contributed by atoms with Gasteiger partial charge in [0.2, 0.25) is 0 Å². The second-order valence-electron chi connectivity index (χ2n) is 2.61. The lowest BCUT2D eigenvalue weighted by atomic mass is 10.5. The third kappa shape index (κ3) is 2.98. The minimum Gasteiger partial charge on any atom is -0.294 e. The minimum atomic E-state index is 0.502. The first-order valence-electron chi connectivity index (χ1n) is 3.07. The van der Waals surface area contributed by atoms with E-state index in [9.17, 15) is 0 Å². The van der Waals surface area contributed by atoms with E-state index in [1.54, 1.807) is 0 Å². The lowest BCUT2D eigenvalue weighted by molar-refractivity contribution is 0.148. The summed E-state index contributed by atoms with van der Waals surface area (Å²) in [5.41, 5.74) is 0. The summed E-state index contributed by atoms with van der Waals surface area (Å²) >= 11 is 0. The van der Waals surface area contributed by atoms with Crippen LogP contribution in [0.4, 0.5) is 0 Å². The number of nitrogens with zero attached hydrogens (tertiary/aromatic N) is 2. The maximum Gasteiger partial charge on any atom is 0.0581 e. The molecule has 0 aromatic rings. The van der Waals surface area contributed by atoms with Crippen molar-refractivity contribution in [3.05, 3.63) is 0 Å². The maximum absolute atomic E-state index is 3.48. The number of rotatable bonds is 3. The normalized spacial score (nSPS) is 12.0. The van der Waals surface area contributed by atoms with Crippen molar-refractivity contribution in [2.45, 2.75) is 12.2 Å². The van der Waals surface area contributed by atoms with E-state index in [0.717, 1.165) is 6.04 Å². The molecule has 0 heterocycles. The van der Waals surface area contributed by atoms with Gasteiger partial charge in [0.15, 0.2) is 0 Å². The molecular weight excluding hydrogens is 128 g/mol. The molecule has 9 heavy (non-hydrogen) atoms. The molecule has 0 saturated heterocycles. The summed E-state index contributed by atoms with van der Waals surface area (Å²) < 4.78 is 0. The zero-order valence-corrected chi connectivity index (χ0v) is 7.68. The van der Waals surface area contributed by atoms with Crippen LogP contribution in [0, 0.1) is 0 Å². The Morgan fingerprint density at radius 3 is 1.44 bits per heavy atom. The van der Waals surface area contributed by atoms with Crippen LogP contribution in [-0.2, 0) is 0 Å². The molecule has 0 aromatic carbocycles. The SMILES string of the molecule is CN(C)C(C[Si])N(C)C. The van der Waals surface area contributed by atoms with Gasteiger partial charge in [0.05, 0.1) is 6.17 Å². The molecule has 3 radical (unpaired) electrons. The fourth-order valence-corrected chi connectivity index (χ4v) is 1.56. The fourth-order valence-electron chi connectivity index (χ4n) is 0.827. The molecule has 3 heteroatoms. The van der Waals surface area contributed by atoms with Gasteiger partial charge in [-0.2, -0.15) is 0 Å². The summed E-state index contributed by atoms with van der Waals surface area (Å²) in [6.45, 7) is 0. The second-order valence-corrected chi connectivity index (χ2v) is 3.02. The first-order valence-corrected chi connectivity index (χ1v) is 3.77. The maximum atomic E-state index is 3.48. The molecule has 0 aliphatic heterocycles. The van der Waals surface area contributed by atoms with Crippen molar-refractivity contribution >= 4 is 10.2 Å². The predicted molar refractivity (Wildman–Crippen MR) is 41.7 cm³/mol. The van der Waals surface area contributed by atoms with Crippen LogP contribution in [0.2, 0.25) is 6.04 Å². The topological polar surface area (TPSA) is 6.48 Å². The first-order chi connectivity index (χ1) is 4.09. The monoisotopic (exact) mass is 143 g/mol. The van der Waals surface area contributed by atoms with E-state index in [1.165, 1.54) is 0 Å². The molecular formula is C6H15N2Si. The van der Waals surface area contributed by atoms with E-state index in [1.807, 2.05) is 0 Å². The van der Waals surface area contributed by atoms with Crippen LogP contribution in [0.3, 0.4) is 0 Å². The average molecular weight is 143 g/mol. The summed E-state index contributed by atoms with van der Waals surface area (Å²) in [7, 11) is 11.8. The highest BCUT2D eigenvalue weighted by molar-refractivity contribution is 6.08. The minimum absolute atomic E-state index is 0.502. The lowest BCUT2D eigenvalue weighted by Crippen LogP contribution is -2.39. The largest absolute Gasteiger partial charge is 0.294 e. The van der Waals surface area contributed by atoms with E-state index >= 15 is 0 Å². The third-order valence-corrected chi connectivity index (χ3v) is 1.74. The molecule has 0 aromatic heterocycles.